The van der Waals surface area contributed by atoms with Gasteiger partial charge in [-0.3, -0.25) is 4.79 Å². The number of ether oxygens (including phenoxy) is 1. The first-order valence-electron chi connectivity index (χ1n) is 8.93. The summed E-state index contributed by atoms with van der Waals surface area (Å²) in [5, 5.41) is 2.86. The molecule has 1 amide bonds. The number of benzene rings is 1. The van der Waals surface area contributed by atoms with Gasteiger partial charge in [0.05, 0.1) is 18.5 Å². The van der Waals surface area contributed by atoms with Crippen molar-refractivity contribution in [1.82, 2.24) is 4.98 Å². The van der Waals surface area contributed by atoms with Crippen LogP contribution in [0.15, 0.2) is 42.6 Å². The van der Waals surface area contributed by atoms with Crippen molar-refractivity contribution in [3.63, 3.8) is 0 Å². The molecule has 0 unspecified atom stereocenters. The van der Waals surface area contributed by atoms with Crippen LogP contribution in [0.1, 0.15) is 44.1 Å². The van der Waals surface area contributed by atoms with Gasteiger partial charge in [-0.15, -0.1) is 0 Å². The molecule has 0 bridgehead atoms. The van der Waals surface area contributed by atoms with Crippen molar-refractivity contribution < 1.29 is 9.53 Å². The van der Waals surface area contributed by atoms with Crippen LogP contribution in [0.4, 0.5) is 11.4 Å². The van der Waals surface area contributed by atoms with Gasteiger partial charge in [0.25, 0.3) is 5.91 Å². The van der Waals surface area contributed by atoms with Crippen LogP contribution in [0.2, 0.25) is 0 Å². The van der Waals surface area contributed by atoms with E-state index < -0.39 is 0 Å². The van der Waals surface area contributed by atoms with Gasteiger partial charge in [0.2, 0.25) is 0 Å². The van der Waals surface area contributed by atoms with E-state index in [-0.39, 0.29) is 5.91 Å². The monoisotopic (exact) mass is 341 g/mol. The van der Waals surface area contributed by atoms with Crippen LogP contribution in [-0.4, -0.2) is 30.6 Å². The minimum Gasteiger partial charge on any atom is -0.494 e. The third kappa shape index (κ3) is 5.48. The maximum Gasteiger partial charge on any atom is 0.274 e. The van der Waals surface area contributed by atoms with Gasteiger partial charge in [-0.25, -0.2) is 4.98 Å². The lowest BCUT2D eigenvalue weighted by molar-refractivity contribution is 0.102. The maximum atomic E-state index is 12.3. The topological polar surface area (TPSA) is 54.5 Å². The fraction of sp³-hybridized carbons (Fsp3) is 0.400. The van der Waals surface area contributed by atoms with Crippen molar-refractivity contribution >= 4 is 17.3 Å². The fourth-order valence-corrected chi connectivity index (χ4v) is 2.61. The third-order valence-electron chi connectivity index (χ3n) is 3.76. The predicted octanol–water partition coefficient (Wildman–Crippen LogP) is 4.36. The van der Waals surface area contributed by atoms with E-state index in [0.29, 0.717) is 12.3 Å². The van der Waals surface area contributed by atoms with Gasteiger partial charge in [-0.05, 0) is 56.2 Å². The van der Waals surface area contributed by atoms with Crippen LogP contribution >= 0.6 is 0 Å². The Morgan fingerprint density at radius 1 is 1.04 bits per heavy atom. The van der Waals surface area contributed by atoms with Crippen LogP contribution in [0, 0.1) is 0 Å². The Morgan fingerprint density at radius 2 is 1.72 bits per heavy atom. The zero-order chi connectivity index (χ0) is 18.1. The van der Waals surface area contributed by atoms with E-state index in [9.17, 15) is 4.79 Å². The lowest BCUT2D eigenvalue weighted by Crippen LogP contribution is -2.25. The van der Waals surface area contributed by atoms with Gasteiger partial charge in [-0.1, -0.05) is 13.8 Å². The zero-order valence-corrected chi connectivity index (χ0v) is 15.3. The first-order chi connectivity index (χ1) is 12.2. The predicted molar refractivity (Wildman–Crippen MR) is 103 cm³/mol. The minimum atomic E-state index is -0.215. The van der Waals surface area contributed by atoms with E-state index in [0.717, 1.165) is 43.1 Å². The van der Waals surface area contributed by atoms with E-state index in [2.05, 4.69) is 29.0 Å². The van der Waals surface area contributed by atoms with Crippen molar-refractivity contribution in [2.45, 2.75) is 33.6 Å². The Kier molecular flexibility index (Phi) is 7.26. The number of rotatable bonds is 9. The Morgan fingerprint density at radius 3 is 2.24 bits per heavy atom. The molecule has 25 heavy (non-hydrogen) atoms. The van der Waals surface area contributed by atoms with Gasteiger partial charge in [-0.2, -0.15) is 0 Å². The molecular formula is C20H27N3O2. The molecule has 134 valence electrons. The van der Waals surface area contributed by atoms with E-state index >= 15 is 0 Å². The highest BCUT2D eigenvalue weighted by molar-refractivity contribution is 6.02. The number of nitrogens with zero attached hydrogens (tertiary/aromatic N) is 2. The van der Waals surface area contributed by atoms with E-state index in [1.807, 2.05) is 37.3 Å². The zero-order valence-electron chi connectivity index (χ0n) is 15.3. The summed E-state index contributed by atoms with van der Waals surface area (Å²) in [5.74, 6) is 0.572. The molecule has 0 aliphatic heterocycles. The van der Waals surface area contributed by atoms with Crippen LogP contribution < -0.4 is 15.0 Å². The summed E-state index contributed by atoms with van der Waals surface area (Å²) in [6, 6.07) is 11.1. The number of nitrogens with one attached hydrogen (secondary N) is 1. The minimum absolute atomic E-state index is 0.215. The molecule has 5 nitrogen and oxygen atoms in total. The first kappa shape index (κ1) is 18.8. The Labute approximate surface area is 150 Å². The van der Waals surface area contributed by atoms with Gasteiger partial charge < -0.3 is 15.0 Å². The second-order valence-electron chi connectivity index (χ2n) is 5.80. The average Bonchev–Trinajstić information content (AvgIpc) is 2.63. The molecule has 1 aromatic heterocycles. The largest absolute Gasteiger partial charge is 0.494 e. The molecule has 1 heterocycles. The van der Waals surface area contributed by atoms with Crippen LogP contribution in [0.25, 0.3) is 0 Å². The SMILES string of the molecule is CCCN(CCC)c1ccc(C(=O)Nc2ccc(OCC)cc2)nc1. The molecule has 1 N–H and O–H groups in total. The standard InChI is InChI=1S/C20H27N3O2/c1-4-13-23(14-5-2)17-9-12-19(21-15-17)20(24)22-16-7-10-18(11-8-16)25-6-3/h7-12,15H,4-6,13-14H2,1-3H3,(H,22,24). The molecule has 0 aliphatic rings. The Bertz CT molecular complexity index is 648. The van der Waals surface area contributed by atoms with E-state index in [1.165, 1.54) is 0 Å². The van der Waals surface area contributed by atoms with Crippen LogP contribution in [0.3, 0.4) is 0 Å². The molecule has 0 radical (unpaired) electrons. The quantitative estimate of drug-likeness (QED) is 0.736. The molecule has 1 aromatic carbocycles. The number of amides is 1. The van der Waals surface area contributed by atoms with Crippen molar-refractivity contribution in [3.05, 3.63) is 48.3 Å². The first-order valence-corrected chi connectivity index (χ1v) is 8.93. The molecule has 2 rings (SSSR count). The smallest absolute Gasteiger partial charge is 0.274 e. The lowest BCUT2D eigenvalue weighted by atomic mass is 10.2. The third-order valence-corrected chi connectivity index (χ3v) is 3.76. The van der Waals surface area contributed by atoms with Crippen molar-refractivity contribution in [2.24, 2.45) is 0 Å². The molecule has 0 atom stereocenters. The van der Waals surface area contributed by atoms with Gasteiger partial charge in [0, 0.05) is 18.8 Å². The van der Waals surface area contributed by atoms with Gasteiger partial charge in [0.1, 0.15) is 11.4 Å². The van der Waals surface area contributed by atoms with E-state index in [4.69, 9.17) is 4.74 Å². The number of hydrogen-bond donors (Lipinski definition) is 1. The summed E-state index contributed by atoms with van der Waals surface area (Å²) >= 11 is 0. The van der Waals surface area contributed by atoms with Crippen molar-refractivity contribution in [3.8, 4) is 5.75 Å². The highest BCUT2D eigenvalue weighted by atomic mass is 16.5. The summed E-state index contributed by atoms with van der Waals surface area (Å²) in [6.45, 7) is 8.87. The summed E-state index contributed by atoms with van der Waals surface area (Å²) in [4.78, 5) is 19.0. The molecule has 0 fully saturated rings. The highest BCUT2D eigenvalue weighted by Gasteiger charge is 2.10. The van der Waals surface area contributed by atoms with Crippen LogP contribution in [0.5, 0.6) is 5.75 Å². The van der Waals surface area contributed by atoms with E-state index in [1.54, 1.807) is 12.3 Å². The Balaban J connectivity index is 2.01. The number of hydrogen-bond acceptors (Lipinski definition) is 4. The molecule has 2 aromatic rings. The number of aromatic nitrogens is 1. The van der Waals surface area contributed by atoms with Gasteiger partial charge >= 0.3 is 0 Å². The fourth-order valence-electron chi connectivity index (χ4n) is 2.61. The second-order valence-corrected chi connectivity index (χ2v) is 5.80. The summed E-state index contributed by atoms with van der Waals surface area (Å²) < 4.78 is 5.40. The molecule has 0 saturated carbocycles. The number of pyridine rings is 1. The van der Waals surface area contributed by atoms with Gasteiger partial charge in [0.15, 0.2) is 0 Å². The molecule has 5 heteroatoms. The number of carbonyl (C=O) groups is 1. The highest BCUT2D eigenvalue weighted by Crippen LogP contribution is 2.17. The summed E-state index contributed by atoms with van der Waals surface area (Å²) in [6.07, 6.45) is 3.94. The molecule has 0 aliphatic carbocycles. The number of anilines is 2. The summed E-state index contributed by atoms with van der Waals surface area (Å²) in [5.41, 5.74) is 2.19. The normalized spacial score (nSPS) is 10.4. The number of carbonyl (C=O) groups excluding carboxylic acids is 1. The molecular weight excluding hydrogens is 314 g/mol. The Hall–Kier alpha value is -2.56. The second kappa shape index (κ2) is 9.67. The van der Waals surface area contributed by atoms with Crippen molar-refractivity contribution in [1.29, 1.82) is 0 Å². The molecule has 0 spiro atoms. The average molecular weight is 341 g/mol. The van der Waals surface area contributed by atoms with Crippen molar-refractivity contribution in [2.75, 3.05) is 29.9 Å². The molecule has 0 saturated heterocycles. The summed E-state index contributed by atoms with van der Waals surface area (Å²) in [7, 11) is 0. The maximum absolute atomic E-state index is 12.3. The van der Waals surface area contributed by atoms with Crippen LogP contribution in [-0.2, 0) is 0 Å². The lowest BCUT2D eigenvalue weighted by Gasteiger charge is -2.23.